The minimum atomic E-state index is -4.20. The summed E-state index contributed by atoms with van der Waals surface area (Å²) in [6.45, 7) is 0. The fourth-order valence-electron chi connectivity index (χ4n) is 3.45. The summed E-state index contributed by atoms with van der Waals surface area (Å²) in [7, 11) is -3.01. The Morgan fingerprint density at radius 3 is 2.65 bits per heavy atom. The number of carbonyl (C=O) groups is 2. The number of hydrogen-bond acceptors (Lipinski definition) is 8. The van der Waals surface area contributed by atoms with Gasteiger partial charge in [-0.1, -0.05) is 45.2 Å². The maximum atomic E-state index is 13.3. The van der Waals surface area contributed by atoms with Crippen molar-refractivity contribution in [3.63, 3.8) is 0 Å². The van der Waals surface area contributed by atoms with Gasteiger partial charge in [-0.2, -0.15) is 12.8 Å². The number of aromatic nitrogens is 2. The predicted molar refractivity (Wildman–Crippen MR) is 146 cm³/mol. The number of benzene rings is 2. The summed E-state index contributed by atoms with van der Waals surface area (Å²) in [6.07, 6.45) is 2.84. The van der Waals surface area contributed by atoms with Crippen molar-refractivity contribution in [3.05, 3.63) is 80.5 Å². The molecule has 0 aliphatic carbocycles. The summed E-state index contributed by atoms with van der Waals surface area (Å²) >= 11 is 16.5. The number of anilines is 1. The van der Waals surface area contributed by atoms with Crippen LogP contribution in [0.1, 0.15) is 15.9 Å². The predicted octanol–water partition coefficient (Wildman–Crippen LogP) is 5.08. The molecule has 1 amide bonds. The highest BCUT2D eigenvalue weighted by atomic mass is 79.9. The molecule has 37 heavy (non-hydrogen) atoms. The molecule has 4 rings (SSSR count). The van der Waals surface area contributed by atoms with Gasteiger partial charge in [0.1, 0.15) is 6.04 Å². The number of hydrogen-bond donors (Lipinski definition) is 2. The van der Waals surface area contributed by atoms with Crippen LogP contribution in [0.15, 0.2) is 64.4 Å². The Labute approximate surface area is 234 Å². The molecule has 0 radical (unpaired) electrons. The molecule has 0 aliphatic heterocycles. The Morgan fingerprint density at radius 2 is 1.92 bits per heavy atom. The van der Waals surface area contributed by atoms with E-state index in [-0.39, 0.29) is 22.7 Å². The topological polar surface area (TPSA) is 127 Å². The van der Waals surface area contributed by atoms with E-state index in [1.54, 1.807) is 30.3 Å². The van der Waals surface area contributed by atoms with E-state index in [9.17, 15) is 18.0 Å². The molecule has 9 nitrogen and oxygen atoms in total. The van der Waals surface area contributed by atoms with Gasteiger partial charge in [0.05, 0.1) is 44.7 Å². The van der Waals surface area contributed by atoms with Crippen molar-refractivity contribution < 1.29 is 22.7 Å². The minimum absolute atomic E-state index is 0.0213. The summed E-state index contributed by atoms with van der Waals surface area (Å²) in [6, 6.07) is 9.82. The summed E-state index contributed by atoms with van der Waals surface area (Å²) in [5.74, 6) is -1.40. The van der Waals surface area contributed by atoms with Gasteiger partial charge in [-0.3, -0.25) is 9.52 Å². The first-order valence-corrected chi connectivity index (χ1v) is 14.2. The van der Waals surface area contributed by atoms with Gasteiger partial charge >= 0.3 is 5.97 Å². The zero-order chi connectivity index (χ0) is 26.7. The fourth-order valence-corrected chi connectivity index (χ4v) is 6.05. The number of methoxy groups -OCH3 is 1. The number of sulfonamides is 1. The third-order valence-electron chi connectivity index (χ3n) is 5.19. The zero-order valence-electron chi connectivity index (χ0n) is 18.9. The maximum Gasteiger partial charge on any atom is 0.328 e. The molecule has 1 atom stereocenters. The Bertz CT molecular complexity index is 1610. The lowest BCUT2D eigenvalue weighted by Gasteiger charge is -2.19. The molecule has 2 aromatic heterocycles. The van der Waals surface area contributed by atoms with Crippen LogP contribution in [0.2, 0.25) is 10.0 Å². The van der Waals surface area contributed by atoms with Gasteiger partial charge in [0.2, 0.25) is 0 Å². The molecule has 0 saturated heterocycles. The Balaban J connectivity index is 1.63. The van der Waals surface area contributed by atoms with Gasteiger partial charge < -0.3 is 10.1 Å². The Morgan fingerprint density at radius 1 is 1.14 bits per heavy atom. The van der Waals surface area contributed by atoms with E-state index in [2.05, 4.69) is 35.3 Å². The molecule has 0 aliphatic rings. The van der Waals surface area contributed by atoms with Crippen molar-refractivity contribution >= 4 is 88.3 Å². The smallest absolute Gasteiger partial charge is 0.328 e. The number of nitrogens with zero attached hydrogens (tertiary/aromatic N) is 2. The molecule has 0 saturated carbocycles. The third kappa shape index (κ3) is 6.21. The van der Waals surface area contributed by atoms with Gasteiger partial charge in [0.15, 0.2) is 5.03 Å². The van der Waals surface area contributed by atoms with E-state index in [4.69, 9.17) is 27.9 Å². The number of carbonyl (C=O) groups excluding carboxylic acids is 2. The third-order valence-corrected chi connectivity index (χ3v) is 8.51. The van der Waals surface area contributed by atoms with Crippen LogP contribution >= 0.6 is 50.7 Å². The molecule has 2 heterocycles. The number of fused-ring (bicyclic) bond motifs is 1. The second-order valence-electron chi connectivity index (χ2n) is 7.65. The van der Waals surface area contributed by atoms with Gasteiger partial charge in [-0.25, -0.2) is 9.78 Å². The SMILES string of the molecule is COC(=O)[C@H](Cc1ccc(Cl)c(Cl)c1)NC(=O)c1ccc(Br)cc1NS(=O)(=O)c1nccc2sncc12. The molecule has 4 aromatic rings. The first-order valence-electron chi connectivity index (χ1n) is 10.4. The second-order valence-corrected chi connectivity index (χ2v) is 11.8. The number of rotatable bonds is 8. The van der Waals surface area contributed by atoms with Crippen LogP contribution in [0, 0.1) is 0 Å². The van der Waals surface area contributed by atoms with E-state index in [1.165, 1.54) is 31.6 Å². The number of ether oxygens (including phenoxy) is 1. The average Bonchev–Trinajstić information content (AvgIpc) is 3.34. The van der Waals surface area contributed by atoms with Crippen molar-refractivity contribution in [2.24, 2.45) is 0 Å². The number of pyridine rings is 1. The van der Waals surface area contributed by atoms with Crippen LogP contribution in [0.4, 0.5) is 5.69 Å². The number of halogens is 3. The molecule has 0 bridgehead atoms. The van der Waals surface area contributed by atoms with E-state index < -0.39 is 27.9 Å². The molecule has 0 unspecified atom stereocenters. The lowest BCUT2D eigenvalue weighted by molar-refractivity contribution is -0.142. The minimum Gasteiger partial charge on any atom is -0.467 e. The van der Waals surface area contributed by atoms with E-state index in [1.807, 2.05) is 0 Å². The lowest BCUT2D eigenvalue weighted by atomic mass is 10.0. The Kier molecular flexibility index (Phi) is 8.34. The highest BCUT2D eigenvalue weighted by molar-refractivity contribution is 9.10. The van der Waals surface area contributed by atoms with Gasteiger partial charge in [-0.15, -0.1) is 0 Å². The van der Waals surface area contributed by atoms with E-state index >= 15 is 0 Å². The van der Waals surface area contributed by atoms with Gasteiger partial charge in [0.25, 0.3) is 15.9 Å². The zero-order valence-corrected chi connectivity index (χ0v) is 23.6. The number of nitrogens with one attached hydrogen (secondary N) is 2. The maximum absolute atomic E-state index is 13.3. The normalized spacial score (nSPS) is 12.2. The summed E-state index contributed by atoms with van der Waals surface area (Å²) in [5.41, 5.74) is 0.586. The highest BCUT2D eigenvalue weighted by Gasteiger charge is 2.27. The van der Waals surface area contributed by atoms with Crippen molar-refractivity contribution in [2.75, 3.05) is 11.8 Å². The van der Waals surface area contributed by atoms with Crippen molar-refractivity contribution in [1.29, 1.82) is 0 Å². The standard InChI is InChI=1S/C23H17BrCl2N4O5S2/c1-35-23(32)19(9-12-2-5-16(25)17(26)8-12)29-21(31)14-4-3-13(24)10-18(14)30-37(33,34)22-15-11-28-36-20(15)6-7-27-22/h2-8,10-11,19,30H,9H2,1H3,(H,29,31)/t19-/m0/s1. The van der Waals surface area contributed by atoms with E-state index in [0.717, 1.165) is 11.5 Å². The van der Waals surface area contributed by atoms with Crippen LogP contribution in [0.25, 0.3) is 10.1 Å². The number of amides is 1. The Hall–Kier alpha value is -2.77. The summed E-state index contributed by atoms with van der Waals surface area (Å²) in [5, 5.41) is 3.39. The van der Waals surface area contributed by atoms with Crippen LogP contribution in [-0.4, -0.2) is 42.8 Å². The largest absolute Gasteiger partial charge is 0.467 e. The lowest BCUT2D eigenvalue weighted by Crippen LogP contribution is -2.43. The fraction of sp³-hybridized carbons (Fsp3) is 0.130. The first kappa shape index (κ1) is 27.3. The molecule has 14 heteroatoms. The molecule has 2 aromatic carbocycles. The molecule has 0 spiro atoms. The molecular weight excluding hydrogens is 627 g/mol. The van der Waals surface area contributed by atoms with Crippen LogP contribution < -0.4 is 10.0 Å². The van der Waals surface area contributed by atoms with E-state index in [0.29, 0.717) is 30.2 Å². The van der Waals surface area contributed by atoms with Crippen molar-refractivity contribution in [3.8, 4) is 0 Å². The molecule has 0 fully saturated rings. The van der Waals surface area contributed by atoms with Gasteiger partial charge in [-0.05, 0) is 53.5 Å². The van der Waals surface area contributed by atoms with Crippen LogP contribution in [0.5, 0.6) is 0 Å². The number of esters is 1. The molecule has 2 N–H and O–H groups in total. The van der Waals surface area contributed by atoms with Crippen molar-refractivity contribution in [1.82, 2.24) is 14.7 Å². The second kappa shape index (κ2) is 11.3. The summed E-state index contributed by atoms with van der Waals surface area (Å²) < 4.78 is 38.9. The van der Waals surface area contributed by atoms with Crippen LogP contribution in [-0.2, 0) is 26.0 Å². The summed E-state index contributed by atoms with van der Waals surface area (Å²) in [4.78, 5) is 29.7. The first-order chi connectivity index (χ1) is 17.6. The average molecular weight is 644 g/mol. The monoisotopic (exact) mass is 642 g/mol. The van der Waals surface area contributed by atoms with Gasteiger partial charge in [0, 0.05) is 17.1 Å². The highest BCUT2D eigenvalue weighted by Crippen LogP contribution is 2.28. The molecule has 192 valence electrons. The van der Waals surface area contributed by atoms with Crippen LogP contribution in [0.3, 0.4) is 0 Å². The van der Waals surface area contributed by atoms with Crippen molar-refractivity contribution in [2.45, 2.75) is 17.5 Å². The quantitative estimate of drug-likeness (QED) is 0.257. The molecular formula is C23H17BrCl2N4O5S2.